The molecule has 1 aromatic carbocycles. The number of halogens is 2. The number of hydrogen-bond donors (Lipinski definition) is 1. The van der Waals surface area contributed by atoms with Crippen LogP contribution in [0.25, 0.3) is 0 Å². The monoisotopic (exact) mass is 362 g/mol. The summed E-state index contributed by atoms with van der Waals surface area (Å²) >= 11 is 2.93. The molecule has 1 atom stereocenters. The van der Waals surface area contributed by atoms with Gasteiger partial charge in [-0.05, 0) is 36.7 Å². The van der Waals surface area contributed by atoms with E-state index in [-0.39, 0.29) is 34.0 Å². The van der Waals surface area contributed by atoms with Gasteiger partial charge < -0.3 is 10.1 Å². The Morgan fingerprint density at radius 1 is 1.48 bits per heavy atom. The van der Waals surface area contributed by atoms with Gasteiger partial charge in [0.1, 0.15) is 5.82 Å². The molecule has 0 bridgehead atoms. The first-order valence-corrected chi connectivity index (χ1v) is 7.40. The van der Waals surface area contributed by atoms with Crippen molar-refractivity contribution in [1.82, 2.24) is 5.32 Å². The van der Waals surface area contributed by atoms with Crippen LogP contribution in [0.5, 0.6) is 5.75 Å². The zero-order valence-corrected chi connectivity index (χ0v) is 14.2. The maximum Gasteiger partial charge on any atom is 0.312 e. The van der Waals surface area contributed by atoms with E-state index in [1.54, 1.807) is 0 Å². The number of ether oxygens (including phenoxy) is 1. The first-order valence-electron chi connectivity index (χ1n) is 6.61. The third-order valence-corrected chi connectivity index (χ3v) is 3.31. The molecule has 0 aliphatic heterocycles. The van der Waals surface area contributed by atoms with E-state index in [1.807, 2.05) is 6.92 Å². The third-order valence-electron chi connectivity index (χ3n) is 2.70. The molecule has 5 nitrogen and oxygen atoms in total. The van der Waals surface area contributed by atoms with Gasteiger partial charge in [0.2, 0.25) is 0 Å². The van der Waals surface area contributed by atoms with Gasteiger partial charge in [-0.3, -0.25) is 10.1 Å². The smallest absolute Gasteiger partial charge is 0.312 e. The van der Waals surface area contributed by atoms with Crippen molar-refractivity contribution in [3.63, 3.8) is 0 Å². The van der Waals surface area contributed by atoms with Gasteiger partial charge in [0.05, 0.1) is 16.0 Å². The van der Waals surface area contributed by atoms with Crippen molar-refractivity contribution in [1.29, 1.82) is 0 Å². The molecule has 7 heteroatoms. The van der Waals surface area contributed by atoms with E-state index in [9.17, 15) is 14.5 Å². The fourth-order valence-corrected chi connectivity index (χ4v) is 1.88. The lowest BCUT2D eigenvalue weighted by atomic mass is 10.1. The van der Waals surface area contributed by atoms with Gasteiger partial charge in [-0.2, -0.15) is 0 Å². The van der Waals surface area contributed by atoms with Crippen molar-refractivity contribution >= 4 is 21.6 Å². The van der Waals surface area contributed by atoms with Crippen LogP contribution < -0.4 is 10.1 Å². The molecule has 0 heterocycles. The molecule has 0 saturated heterocycles. The molecular formula is C14H20BrFN2O3. The molecular weight excluding hydrogens is 343 g/mol. The van der Waals surface area contributed by atoms with E-state index in [4.69, 9.17) is 4.74 Å². The van der Waals surface area contributed by atoms with Gasteiger partial charge in [-0.1, -0.05) is 6.92 Å². The molecule has 0 aromatic heterocycles. The predicted octanol–water partition coefficient (Wildman–Crippen LogP) is 3.90. The van der Waals surface area contributed by atoms with E-state index in [2.05, 4.69) is 42.0 Å². The summed E-state index contributed by atoms with van der Waals surface area (Å²) in [4.78, 5) is 10.4. The summed E-state index contributed by atoms with van der Waals surface area (Å²) < 4.78 is 19.0. The normalized spacial score (nSPS) is 13.0. The Bertz CT molecular complexity index is 518. The Kier molecular flexibility index (Phi) is 6.10. The summed E-state index contributed by atoms with van der Waals surface area (Å²) in [5, 5.41) is 14.3. The van der Waals surface area contributed by atoms with Gasteiger partial charge >= 0.3 is 5.69 Å². The topological polar surface area (TPSA) is 64.4 Å². The van der Waals surface area contributed by atoms with Gasteiger partial charge in [0.25, 0.3) is 0 Å². The highest BCUT2D eigenvalue weighted by Crippen LogP contribution is 2.32. The van der Waals surface area contributed by atoms with E-state index in [1.165, 1.54) is 0 Å². The van der Waals surface area contributed by atoms with Gasteiger partial charge in [0.15, 0.2) is 5.75 Å². The van der Waals surface area contributed by atoms with Crippen LogP contribution in [0, 0.1) is 21.8 Å². The van der Waals surface area contributed by atoms with E-state index < -0.39 is 10.7 Å². The lowest BCUT2D eigenvalue weighted by Crippen LogP contribution is -2.39. The Morgan fingerprint density at radius 3 is 2.62 bits per heavy atom. The molecule has 0 fully saturated rings. The van der Waals surface area contributed by atoms with Crippen LogP contribution in [0.1, 0.15) is 27.7 Å². The van der Waals surface area contributed by atoms with Gasteiger partial charge in [-0.25, -0.2) is 4.39 Å². The Labute approximate surface area is 132 Å². The summed E-state index contributed by atoms with van der Waals surface area (Å²) in [5.41, 5.74) is -0.261. The van der Waals surface area contributed by atoms with Crippen molar-refractivity contribution in [2.75, 3.05) is 13.2 Å². The number of nitro groups is 1. The maximum atomic E-state index is 13.5. The van der Waals surface area contributed by atoms with Gasteiger partial charge in [0, 0.05) is 30.1 Å². The van der Waals surface area contributed by atoms with Crippen LogP contribution >= 0.6 is 15.9 Å². The minimum Gasteiger partial charge on any atom is -0.486 e. The zero-order valence-electron chi connectivity index (χ0n) is 12.6. The van der Waals surface area contributed by atoms with Crippen LogP contribution in [-0.4, -0.2) is 23.6 Å². The first kappa shape index (κ1) is 17.8. The Balaban J connectivity index is 2.70. The van der Waals surface area contributed by atoms with E-state index in [0.29, 0.717) is 6.54 Å². The minimum atomic E-state index is -0.587. The van der Waals surface area contributed by atoms with E-state index in [0.717, 1.165) is 12.1 Å². The summed E-state index contributed by atoms with van der Waals surface area (Å²) in [6, 6.07) is 2.15. The highest BCUT2D eigenvalue weighted by atomic mass is 79.9. The molecule has 1 unspecified atom stereocenters. The molecule has 0 amide bonds. The van der Waals surface area contributed by atoms with Crippen molar-refractivity contribution in [3.05, 3.63) is 32.5 Å². The van der Waals surface area contributed by atoms with Crippen molar-refractivity contribution in [2.24, 2.45) is 5.92 Å². The number of hydrogen-bond acceptors (Lipinski definition) is 4. The summed E-state index contributed by atoms with van der Waals surface area (Å²) in [5.74, 6) is -0.505. The molecule has 0 spiro atoms. The molecule has 1 rings (SSSR count). The average molecular weight is 363 g/mol. The predicted molar refractivity (Wildman–Crippen MR) is 83.2 cm³/mol. The average Bonchev–Trinajstić information content (AvgIpc) is 2.36. The number of benzene rings is 1. The summed E-state index contributed by atoms with van der Waals surface area (Å²) in [7, 11) is 0. The second-order valence-corrected chi connectivity index (χ2v) is 6.89. The Morgan fingerprint density at radius 2 is 2.10 bits per heavy atom. The van der Waals surface area contributed by atoms with Crippen LogP contribution in [0.4, 0.5) is 10.1 Å². The largest absolute Gasteiger partial charge is 0.486 e. The second kappa shape index (κ2) is 7.17. The molecule has 118 valence electrons. The van der Waals surface area contributed by atoms with Gasteiger partial charge in [-0.15, -0.1) is 0 Å². The second-order valence-electron chi connectivity index (χ2n) is 6.04. The number of rotatable bonds is 6. The minimum absolute atomic E-state index is 0.00994. The fraction of sp³-hybridized carbons (Fsp3) is 0.571. The van der Waals surface area contributed by atoms with Crippen LogP contribution in [-0.2, 0) is 0 Å². The standard InChI is InChI=1S/C14H20BrFN2O3/c1-9(7-17-14(2,3)4)8-21-13-6-11(16)10(15)5-12(13)18(19)20/h5-6,9,17H,7-8H2,1-4H3. The van der Waals surface area contributed by atoms with Crippen LogP contribution in [0.3, 0.4) is 0 Å². The van der Waals surface area contributed by atoms with Crippen molar-refractivity contribution in [2.45, 2.75) is 33.2 Å². The zero-order chi connectivity index (χ0) is 16.2. The van der Waals surface area contributed by atoms with Crippen LogP contribution in [0.15, 0.2) is 16.6 Å². The quantitative estimate of drug-likeness (QED) is 0.615. The molecule has 0 aliphatic rings. The third kappa shape index (κ3) is 5.97. The molecule has 21 heavy (non-hydrogen) atoms. The summed E-state index contributed by atoms with van der Waals surface area (Å²) in [6.45, 7) is 9.08. The molecule has 0 aliphatic carbocycles. The number of nitro benzene ring substituents is 1. The lowest BCUT2D eigenvalue weighted by molar-refractivity contribution is -0.386. The summed E-state index contributed by atoms with van der Waals surface area (Å²) in [6.07, 6.45) is 0. The molecule has 1 aromatic rings. The molecule has 0 saturated carbocycles. The highest BCUT2D eigenvalue weighted by Gasteiger charge is 2.20. The van der Waals surface area contributed by atoms with E-state index >= 15 is 0 Å². The lowest BCUT2D eigenvalue weighted by Gasteiger charge is -2.23. The Hall–Kier alpha value is -1.21. The first-order chi connectivity index (χ1) is 9.60. The number of nitrogens with one attached hydrogen (secondary N) is 1. The fourth-order valence-electron chi connectivity index (χ4n) is 1.55. The SMILES string of the molecule is CC(CNC(C)(C)C)COc1cc(F)c(Br)cc1[N+](=O)[O-]. The number of nitrogens with zero attached hydrogens (tertiary/aromatic N) is 1. The van der Waals surface area contributed by atoms with Crippen molar-refractivity contribution < 1.29 is 14.1 Å². The maximum absolute atomic E-state index is 13.5. The van der Waals surface area contributed by atoms with Crippen LogP contribution in [0.2, 0.25) is 0 Å². The molecule has 0 radical (unpaired) electrons. The molecule has 1 N–H and O–H groups in total. The van der Waals surface area contributed by atoms with Crippen molar-refractivity contribution in [3.8, 4) is 5.75 Å². The highest BCUT2D eigenvalue weighted by molar-refractivity contribution is 9.10.